The zero-order chi connectivity index (χ0) is 20.5. The molecule has 0 unspecified atom stereocenters. The number of ketones is 1. The van der Waals surface area contributed by atoms with E-state index in [1.807, 2.05) is 60.7 Å². The Morgan fingerprint density at radius 2 is 1.52 bits per heavy atom. The van der Waals surface area contributed by atoms with Gasteiger partial charge in [-0.2, -0.15) is 0 Å². The third-order valence-corrected chi connectivity index (χ3v) is 4.20. The van der Waals surface area contributed by atoms with Gasteiger partial charge in [0.2, 0.25) is 0 Å². The second kappa shape index (κ2) is 10.0. The highest BCUT2D eigenvalue weighted by atomic mass is 16.5. The van der Waals surface area contributed by atoms with Crippen LogP contribution in [0.4, 0.5) is 0 Å². The second-order valence-electron chi connectivity index (χ2n) is 6.51. The second-order valence-corrected chi connectivity index (χ2v) is 6.51. The number of ether oxygens (including phenoxy) is 2. The summed E-state index contributed by atoms with van der Waals surface area (Å²) in [4.78, 5) is 23.5. The SMILES string of the molecule is CC(=O)Oc1cccc(/C=C/C(=O)Cc2ccccc2COc2ccccc2)c1. The lowest BCUT2D eigenvalue weighted by Gasteiger charge is -2.10. The van der Waals surface area contributed by atoms with Gasteiger partial charge in [0.25, 0.3) is 0 Å². The summed E-state index contributed by atoms with van der Waals surface area (Å²) in [6.07, 6.45) is 3.55. The molecule has 0 fully saturated rings. The highest BCUT2D eigenvalue weighted by Crippen LogP contribution is 2.17. The van der Waals surface area contributed by atoms with Crippen LogP contribution in [-0.2, 0) is 22.6 Å². The normalized spacial score (nSPS) is 10.7. The molecule has 0 bridgehead atoms. The molecular weight excluding hydrogens is 364 g/mol. The summed E-state index contributed by atoms with van der Waals surface area (Å²) >= 11 is 0. The number of esters is 1. The Morgan fingerprint density at radius 3 is 2.28 bits per heavy atom. The number of rotatable bonds is 8. The van der Waals surface area contributed by atoms with Gasteiger partial charge in [-0.15, -0.1) is 0 Å². The summed E-state index contributed by atoms with van der Waals surface area (Å²) in [5.74, 6) is 0.850. The lowest BCUT2D eigenvalue weighted by Crippen LogP contribution is -2.05. The molecule has 4 heteroatoms. The molecule has 0 atom stereocenters. The highest BCUT2D eigenvalue weighted by Gasteiger charge is 2.07. The van der Waals surface area contributed by atoms with Crippen LogP contribution < -0.4 is 9.47 Å². The van der Waals surface area contributed by atoms with E-state index >= 15 is 0 Å². The van der Waals surface area contributed by atoms with E-state index in [1.54, 1.807) is 30.4 Å². The molecule has 3 rings (SSSR count). The fourth-order valence-corrected chi connectivity index (χ4v) is 2.83. The predicted octanol–water partition coefficient (Wildman–Crippen LogP) is 5.02. The van der Waals surface area contributed by atoms with E-state index < -0.39 is 0 Å². The van der Waals surface area contributed by atoms with E-state index in [4.69, 9.17) is 9.47 Å². The lowest BCUT2D eigenvalue weighted by atomic mass is 10.0. The van der Waals surface area contributed by atoms with Gasteiger partial charge in [0, 0.05) is 13.3 Å². The molecule has 0 heterocycles. The van der Waals surface area contributed by atoms with Crippen molar-refractivity contribution in [2.24, 2.45) is 0 Å². The van der Waals surface area contributed by atoms with Crippen molar-refractivity contribution in [2.45, 2.75) is 20.0 Å². The Balaban J connectivity index is 1.63. The van der Waals surface area contributed by atoms with E-state index in [-0.39, 0.29) is 18.2 Å². The standard InChI is InChI=1S/C25H22O4/c1-19(26)29-25-13-7-8-20(16-25)14-15-23(27)17-21-9-5-6-10-22(21)18-28-24-11-3-2-4-12-24/h2-16H,17-18H2,1H3/b15-14+. The molecule has 0 aliphatic rings. The van der Waals surface area contributed by atoms with Crippen molar-refractivity contribution in [3.63, 3.8) is 0 Å². The Hall–Kier alpha value is -3.66. The molecule has 3 aromatic carbocycles. The largest absolute Gasteiger partial charge is 0.489 e. The fourth-order valence-electron chi connectivity index (χ4n) is 2.83. The number of hydrogen-bond donors (Lipinski definition) is 0. The van der Waals surface area contributed by atoms with Crippen LogP contribution in [0.2, 0.25) is 0 Å². The van der Waals surface area contributed by atoms with Crippen molar-refractivity contribution < 1.29 is 19.1 Å². The number of carbonyl (C=O) groups excluding carboxylic acids is 2. The average molecular weight is 386 g/mol. The summed E-state index contributed by atoms with van der Waals surface area (Å²) in [5.41, 5.74) is 2.71. The van der Waals surface area contributed by atoms with Crippen LogP contribution >= 0.6 is 0 Å². The fraction of sp³-hybridized carbons (Fsp3) is 0.120. The van der Waals surface area contributed by atoms with Crippen LogP contribution in [0.25, 0.3) is 6.08 Å². The summed E-state index contributed by atoms with van der Waals surface area (Å²) in [7, 11) is 0. The summed E-state index contributed by atoms with van der Waals surface area (Å²) in [6, 6.07) is 24.4. The minimum atomic E-state index is -0.378. The van der Waals surface area contributed by atoms with Gasteiger partial charge in [-0.05, 0) is 47.0 Å². The van der Waals surface area contributed by atoms with Crippen LogP contribution in [0.1, 0.15) is 23.6 Å². The highest BCUT2D eigenvalue weighted by molar-refractivity contribution is 5.95. The van der Waals surface area contributed by atoms with Crippen molar-refractivity contribution in [1.82, 2.24) is 0 Å². The Bertz CT molecular complexity index is 1010. The van der Waals surface area contributed by atoms with Gasteiger partial charge in [0.1, 0.15) is 18.1 Å². The monoisotopic (exact) mass is 386 g/mol. The van der Waals surface area contributed by atoms with Crippen molar-refractivity contribution in [1.29, 1.82) is 0 Å². The molecule has 146 valence electrons. The zero-order valence-corrected chi connectivity index (χ0v) is 16.2. The number of para-hydroxylation sites is 1. The first-order valence-corrected chi connectivity index (χ1v) is 9.34. The number of carbonyl (C=O) groups is 2. The molecule has 0 aliphatic carbocycles. The van der Waals surface area contributed by atoms with E-state index in [2.05, 4.69) is 0 Å². The smallest absolute Gasteiger partial charge is 0.308 e. The Kier molecular flexibility index (Phi) is 6.95. The topological polar surface area (TPSA) is 52.6 Å². The van der Waals surface area contributed by atoms with E-state index in [9.17, 15) is 9.59 Å². The van der Waals surface area contributed by atoms with Gasteiger partial charge in [0.05, 0.1) is 0 Å². The number of benzene rings is 3. The molecule has 3 aromatic rings. The van der Waals surface area contributed by atoms with E-state index in [0.29, 0.717) is 12.4 Å². The van der Waals surface area contributed by atoms with Crippen LogP contribution in [0.5, 0.6) is 11.5 Å². The maximum absolute atomic E-state index is 12.5. The maximum atomic E-state index is 12.5. The van der Waals surface area contributed by atoms with Crippen molar-refractivity contribution >= 4 is 17.8 Å². The molecule has 0 aliphatic heterocycles. The molecule has 0 saturated carbocycles. The lowest BCUT2D eigenvalue weighted by molar-refractivity contribution is -0.131. The quantitative estimate of drug-likeness (QED) is 0.310. The Morgan fingerprint density at radius 1 is 0.828 bits per heavy atom. The first-order chi connectivity index (χ1) is 14.1. The third-order valence-electron chi connectivity index (χ3n) is 4.20. The molecule has 0 radical (unpaired) electrons. The molecule has 0 N–H and O–H groups in total. The van der Waals surface area contributed by atoms with Gasteiger partial charge in [-0.25, -0.2) is 0 Å². The van der Waals surface area contributed by atoms with Crippen LogP contribution in [0.15, 0.2) is 84.9 Å². The maximum Gasteiger partial charge on any atom is 0.308 e. The van der Waals surface area contributed by atoms with Gasteiger partial charge < -0.3 is 9.47 Å². The van der Waals surface area contributed by atoms with E-state index in [0.717, 1.165) is 22.4 Å². The molecule has 0 amide bonds. The van der Waals surface area contributed by atoms with Crippen LogP contribution in [0, 0.1) is 0 Å². The van der Waals surface area contributed by atoms with Crippen molar-refractivity contribution in [3.8, 4) is 11.5 Å². The molecule has 29 heavy (non-hydrogen) atoms. The van der Waals surface area contributed by atoms with Crippen molar-refractivity contribution in [3.05, 3.63) is 102 Å². The summed E-state index contributed by atoms with van der Waals surface area (Å²) < 4.78 is 10.9. The van der Waals surface area contributed by atoms with Crippen molar-refractivity contribution in [2.75, 3.05) is 0 Å². The summed E-state index contributed by atoms with van der Waals surface area (Å²) in [6.45, 7) is 1.76. The van der Waals surface area contributed by atoms with Gasteiger partial charge >= 0.3 is 5.97 Å². The molecule has 0 spiro atoms. The van der Waals surface area contributed by atoms with Gasteiger partial charge in [-0.3, -0.25) is 9.59 Å². The molecule has 0 aromatic heterocycles. The molecular formula is C25H22O4. The number of hydrogen-bond acceptors (Lipinski definition) is 4. The van der Waals surface area contributed by atoms with Gasteiger partial charge in [0.15, 0.2) is 5.78 Å². The Labute approximate surface area is 170 Å². The first kappa shape index (κ1) is 20.1. The third kappa shape index (κ3) is 6.47. The minimum absolute atomic E-state index is 0.0185. The molecule has 0 saturated heterocycles. The van der Waals surface area contributed by atoms with E-state index in [1.165, 1.54) is 6.92 Å². The molecule has 4 nitrogen and oxygen atoms in total. The van der Waals surface area contributed by atoms with Gasteiger partial charge in [-0.1, -0.05) is 60.7 Å². The average Bonchev–Trinajstić information content (AvgIpc) is 2.72. The van der Waals surface area contributed by atoms with Crippen LogP contribution in [0.3, 0.4) is 0 Å². The first-order valence-electron chi connectivity index (χ1n) is 9.34. The number of allylic oxidation sites excluding steroid dienone is 1. The summed E-state index contributed by atoms with van der Waals surface area (Å²) in [5, 5.41) is 0. The predicted molar refractivity (Wildman–Crippen MR) is 113 cm³/mol. The zero-order valence-electron chi connectivity index (χ0n) is 16.2. The minimum Gasteiger partial charge on any atom is -0.489 e. The van der Waals surface area contributed by atoms with Crippen LogP contribution in [-0.4, -0.2) is 11.8 Å².